The summed E-state index contributed by atoms with van der Waals surface area (Å²) in [5.74, 6) is 0.0695. The van der Waals surface area contributed by atoms with Gasteiger partial charge in [0.1, 0.15) is 30.2 Å². The molecule has 2 aromatic rings. The SMILES string of the molecule is Oc1ccccc1/C=N/[C@@H]1O[C@@H]2COC(c3ccccc3)O[C@H]2[C@H](O)[C@H]1O. The van der Waals surface area contributed by atoms with Crippen LogP contribution in [0.15, 0.2) is 59.6 Å². The van der Waals surface area contributed by atoms with E-state index < -0.39 is 36.9 Å². The minimum atomic E-state index is -1.26. The Bertz CT molecular complexity index is 796. The summed E-state index contributed by atoms with van der Waals surface area (Å²) in [6.45, 7) is 0.205. The van der Waals surface area contributed by atoms with Crippen LogP contribution in [-0.2, 0) is 14.2 Å². The molecule has 2 heterocycles. The maximum absolute atomic E-state index is 10.5. The standard InChI is InChI=1S/C20H21NO6/c22-14-9-5-4-8-13(14)10-21-19-17(24)16(23)18-15(26-19)11-25-20(27-18)12-6-2-1-3-7-12/h1-10,15-20,22-24H,11H2/b21-10+/t15-,16-,17-,18-,19-,20?/m1/s1. The molecule has 2 aliphatic rings. The molecule has 142 valence electrons. The normalized spacial score (nSPS) is 33.7. The highest BCUT2D eigenvalue weighted by Gasteiger charge is 2.48. The van der Waals surface area contributed by atoms with E-state index in [0.29, 0.717) is 5.56 Å². The van der Waals surface area contributed by atoms with Crippen molar-refractivity contribution >= 4 is 6.21 Å². The van der Waals surface area contributed by atoms with Crippen LogP contribution in [0.5, 0.6) is 5.75 Å². The molecule has 2 aliphatic heterocycles. The van der Waals surface area contributed by atoms with Crippen LogP contribution in [0.2, 0.25) is 0 Å². The highest BCUT2D eigenvalue weighted by atomic mass is 16.7. The van der Waals surface area contributed by atoms with E-state index in [1.54, 1.807) is 18.2 Å². The van der Waals surface area contributed by atoms with Crippen LogP contribution in [0, 0.1) is 0 Å². The Kier molecular flexibility index (Phi) is 5.20. The maximum atomic E-state index is 10.5. The molecule has 0 amide bonds. The van der Waals surface area contributed by atoms with E-state index in [9.17, 15) is 15.3 Å². The average Bonchev–Trinajstić information content (AvgIpc) is 2.71. The second-order valence-corrected chi connectivity index (χ2v) is 6.56. The summed E-state index contributed by atoms with van der Waals surface area (Å²) in [4.78, 5) is 4.19. The van der Waals surface area contributed by atoms with Crippen LogP contribution in [-0.4, -0.2) is 58.8 Å². The first-order chi connectivity index (χ1) is 13.1. The summed E-state index contributed by atoms with van der Waals surface area (Å²) in [5, 5.41) is 30.7. The molecule has 6 atom stereocenters. The number of hydrogen-bond donors (Lipinski definition) is 3. The van der Waals surface area contributed by atoms with Gasteiger partial charge < -0.3 is 29.5 Å². The van der Waals surface area contributed by atoms with Crippen molar-refractivity contribution in [2.75, 3.05) is 6.61 Å². The topological polar surface area (TPSA) is 101 Å². The number of aromatic hydroxyl groups is 1. The van der Waals surface area contributed by atoms with E-state index in [4.69, 9.17) is 14.2 Å². The minimum Gasteiger partial charge on any atom is -0.507 e. The van der Waals surface area contributed by atoms with E-state index in [2.05, 4.69) is 4.99 Å². The molecule has 2 aromatic carbocycles. The largest absolute Gasteiger partial charge is 0.507 e. The molecule has 7 nitrogen and oxygen atoms in total. The number of hydrogen-bond acceptors (Lipinski definition) is 7. The highest BCUT2D eigenvalue weighted by Crippen LogP contribution is 2.34. The van der Waals surface area contributed by atoms with E-state index >= 15 is 0 Å². The predicted octanol–water partition coefficient (Wildman–Crippen LogP) is 1.37. The summed E-state index contributed by atoms with van der Waals surface area (Å²) >= 11 is 0. The van der Waals surface area contributed by atoms with Gasteiger partial charge in [-0.1, -0.05) is 42.5 Å². The highest BCUT2D eigenvalue weighted by molar-refractivity contribution is 5.83. The van der Waals surface area contributed by atoms with E-state index in [1.807, 2.05) is 30.3 Å². The Morgan fingerprint density at radius 1 is 0.926 bits per heavy atom. The summed E-state index contributed by atoms with van der Waals surface area (Å²) in [6.07, 6.45) is -3.92. The number of aliphatic hydroxyl groups is 2. The van der Waals surface area contributed by atoms with Gasteiger partial charge in [-0.15, -0.1) is 0 Å². The average molecular weight is 371 g/mol. The molecular formula is C20H21NO6. The van der Waals surface area contributed by atoms with Gasteiger partial charge in [0.25, 0.3) is 0 Å². The molecule has 2 saturated heterocycles. The molecule has 0 spiro atoms. The first-order valence-corrected chi connectivity index (χ1v) is 8.78. The van der Waals surface area contributed by atoms with Gasteiger partial charge in [0.05, 0.1) is 6.61 Å². The van der Waals surface area contributed by atoms with Gasteiger partial charge in [0.15, 0.2) is 12.5 Å². The Morgan fingerprint density at radius 3 is 2.44 bits per heavy atom. The van der Waals surface area contributed by atoms with Crippen LogP contribution < -0.4 is 0 Å². The number of aliphatic imine (C=N–C) groups is 1. The number of phenolic OH excluding ortho intramolecular Hbond substituents is 1. The summed E-state index contributed by atoms with van der Waals surface area (Å²) in [5.41, 5.74) is 1.32. The van der Waals surface area contributed by atoms with Gasteiger partial charge in [0, 0.05) is 17.3 Å². The number of nitrogens with zero attached hydrogens (tertiary/aromatic N) is 1. The summed E-state index contributed by atoms with van der Waals surface area (Å²) in [6, 6.07) is 16.1. The summed E-state index contributed by atoms with van der Waals surface area (Å²) in [7, 11) is 0. The molecule has 0 radical (unpaired) electrons. The third-order valence-corrected chi connectivity index (χ3v) is 4.72. The van der Waals surface area contributed by atoms with Crippen LogP contribution >= 0.6 is 0 Å². The molecular weight excluding hydrogens is 350 g/mol. The second kappa shape index (κ2) is 7.75. The van der Waals surface area contributed by atoms with Crippen LogP contribution in [0.1, 0.15) is 17.4 Å². The Hall–Kier alpha value is -2.29. The smallest absolute Gasteiger partial charge is 0.184 e. The minimum absolute atomic E-state index is 0.0695. The zero-order valence-corrected chi connectivity index (χ0v) is 14.5. The Morgan fingerprint density at radius 2 is 1.67 bits per heavy atom. The van der Waals surface area contributed by atoms with Crippen molar-refractivity contribution in [1.29, 1.82) is 0 Å². The lowest BCUT2D eigenvalue weighted by Gasteiger charge is -2.45. The molecule has 0 aromatic heterocycles. The number of para-hydroxylation sites is 1. The molecule has 4 rings (SSSR count). The number of rotatable bonds is 3. The molecule has 0 aliphatic carbocycles. The molecule has 0 saturated carbocycles. The van der Waals surface area contributed by atoms with Crippen molar-refractivity contribution < 1.29 is 29.5 Å². The van der Waals surface area contributed by atoms with Crippen molar-refractivity contribution in [3.05, 3.63) is 65.7 Å². The number of ether oxygens (including phenoxy) is 3. The quantitative estimate of drug-likeness (QED) is 0.705. The van der Waals surface area contributed by atoms with Gasteiger partial charge in [-0.2, -0.15) is 0 Å². The van der Waals surface area contributed by atoms with Gasteiger partial charge in [0.2, 0.25) is 0 Å². The third kappa shape index (κ3) is 3.73. The van der Waals surface area contributed by atoms with Crippen LogP contribution in [0.4, 0.5) is 0 Å². The molecule has 3 N–H and O–H groups in total. The summed E-state index contributed by atoms with van der Waals surface area (Å²) < 4.78 is 17.3. The van der Waals surface area contributed by atoms with Gasteiger partial charge in [-0.3, -0.25) is 4.99 Å². The zero-order chi connectivity index (χ0) is 18.8. The molecule has 27 heavy (non-hydrogen) atoms. The lowest BCUT2D eigenvalue weighted by molar-refractivity contribution is -0.327. The number of phenols is 1. The zero-order valence-electron chi connectivity index (χ0n) is 14.5. The Balaban J connectivity index is 1.47. The van der Waals surface area contributed by atoms with Crippen LogP contribution in [0.25, 0.3) is 0 Å². The number of benzene rings is 2. The fraction of sp³-hybridized carbons (Fsp3) is 0.350. The molecule has 1 unspecified atom stereocenters. The molecule has 0 bridgehead atoms. The van der Waals surface area contributed by atoms with Crippen molar-refractivity contribution in [3.63, 3.8) is 0 Å². The van der Waals surface area contributed by atoms with E-state index in [0.717, 1.165) is 5.56 Å². The van der Waals surface area contributed by atoms with Crippen LogP contribution in [0.3, 0.4) is 0 Å². The first-order valence-electron chi connectivity index (χ1n) is 8.78. The van der Waals surface area contributed by atoms with Crippen molar-refractivity contribution in [2.45, 2.75) is 36.9 Å². The van der Waals surface area contributed by atoms with E-state index in [-0.39, 0.29) is 12.4 Å². The lowest BCUT2D eigenvalue weighted by Crippen LogP contribution is -2.61. The maximum Gasteiger partial charge on any atom is 0.184 e. The first kappa shape index (κ1) is 18.1. The van der Waals surface area contributed by atoms with Crippen molar-refractivity contribution in [2.24, 2.45) is 4.99 Å². The number of fused-ring (bicyclic) bond motifs is 1. The number of aliphatic hydroxyl groups excluding tert-OH is 2. The predicted molar refractivity (Wildman–Crippen MR) is 96.4 cm³/mol. The molecule has 2 fully saturated rings. The van der Waals surface area contributed by atoms with Crippen molar-refractivity contribution in [3.8, 4) is 5.75 Å². The molecule has 7 heteroatoms. The monoisotopic (exact) mass is 371 g/mol. The fourth-order valence-corrected chi connectivity index (χ4v) is 3.25. The third-order valence-electron chi connectivity index (χ3n) is 4.72. The van der Waals surface area contributed by atoms with Gasteiger partial charge in [-0.25, -0.2) is 0 Å². The Labute approximate surface area is 156 Å². The van der Waals surface area contributed by atoms with Crippen molar-refractivity contribution in [1.82, 2.24) is 0 Å². The van der Waals surface area contributed by atoms with Gasteiger partial charge in [-0.05, 0) is 12.1 Å². The van der Waals surface area contributed by atoms with E-state index in [1.165, 1.54) is 12.3 Å². The second-order valence-electron chi connectivity index (χ2n) is 6.56. The lowest BCUT2D eigenvalue weighted by atomic mass is 9.97. The van der Waals surface area contributed by atoms with Gasteiger partial charge >= 0.3 is 0 Å². The fourth-order valence-electron chi connectivity index (χ4n) is 3.25.